The van der Waals surface area contributed by atoms with E-state index in [0.717, 1.165) is 11.3 Å². The second-order valence-electron chi connectivity index (χ2n) is 3.83. The van der Waals surface area contributed by atoms with Gasteiger partial charge in [0.2, 0.25) is 0 Å². The van der Waals surface area contributed by atoms with Crippen molar-refractivity contribution in [3.63, 3.8) is 0 Å². The molecule has 0 amide bonds. The lowest BCUT2D eigenvalue weighted by molar-refractivity contribution is 0.536. The van der Waals surface area contributed by atoms with Crippen molar-refractivity contribution < 1.29 is 0 Å². The first-order chi connectivity index (χ1) is 7.67. The third-order valence-corrected chi connectivity index (χ3v) is 3.88. The van der Waals surface area contributed by atoms with Gasteiger partial charge in [-0.2, -0.15) is 0 Å². The van der Waals surface area contributed by atoms with E-state index in [1.54, 1.807) is 22.2 Å². The Morgan fingerprint density at radius 3 is 3.00 bits per heavy atom. The summed E-state index contributed by atoms with van der Waals surface area (Å²) in [4.78, 5) is 18.5. The molecule has 1 atom stereocenters. The number of hydrogen-bond donors (Lipinski definition) is 1. The molecular formula is C11H15N3OS. The molecule has 0 aromatic carbocycles. The maximum Gasteiger partial charge on any atom is 0.262 e. The van der Waals surface area contributed by atoms with Gasteiger partial charge in [-0.25, -0.2) is 4.98 Å². The highest BCUT2D eigenvalue weighted by atomic mass is 32.1. The van der Waals surface area contributed by atoms with Crippen molar-refractivity contribution in [2.75, 3.05) is 6.54 Å². The van der Waals surface area contributed by atoms with E-state index in [1.807, 2.05) is 13.0 Å². The average molecular weight is 237 g/mol. The van der Waals surface area contributed by atoms with Crippen LogP contribution in [-0.2, 0) is 6.42 Å². The predicted octanol–water partition coefficient (Wildman–Crippen LogP) is 1.54. The standard InChI is InChI=1S/C11H15N3OS/c1-3-8-4-9-10(16-8)13-6-14(11(9)15)7(2)5-12/h4,6-7H,3,5,12H2,1-2H3. The first kappa shape index (κ1) is 11.3. The minimum atomic E-state index is -0.00521. The van der Waals surface area contributed by atoms with Crippen molar-refractivity contribution in [2.45, 2.75) is 26.3 Å². The number of hydrogen-bond acceptors (Lipinski definition) is 4. The van der Waals surface area contributed by atoms with Crippen LogP contribution in [0.15, 0.2) is 17.2 Å². The third kappa shape index (κ3) is 1.76. The topological polar surface area (TPSA) is 60.9 Å². The molecule has 4 nitrogen and oxygen atoms in total. The lowest BCUT2D eigenvalue weighted by Gasteiger charge is -2.11. The highest BCUT2D eigenvalue weighted by molar-refractivity contribution is 7.18. The van der Waals surface area contributed by atoms with Gasteiger partial charge in [0.1, 0.15) is 4.83 Å². The summed E-state index contributed by atoms with van der Waals surface area (Å²) in [5.74, 6) is 0. The van der Waals surface area contributed by atoms with Crippen LogP contribution in [-0.4, -0.2) is 16.1 Å². The number of aromatic nitrogens is 2. The molecule has 2 aromatic heterocycles. The summed E-state index contributed by atoms with van der Waals surface area (Å²) in [5, 5.41) is 0.713. The third-order valence-electron chi connectivity index (χ3n) is 2.69. The first-order valence-electron chi connectivity index (χ1n) is 5.37. The van der Waals surface area contributed by atoms with E-state index in [4.69, 9.17) is 5.73 Å². The number of thiophene rings is 1. The lowest BCUT2D eigenvalue weighted by atomic mass is 10.3. The van der Waals surface area contributed by atoms with E-state index < -0.39 is 0 Å². The molecule has 0 aliphatic heterocycles. The molecule has 0 saturated heterocycles. The molecule has 86 valence electrons. The van der Waals surface area contributed by atoms with E-state index in [0.29, 0.717) is 11.9 Å². The molecule has 16 heavy (non-hydrogen) atoms. The van der Waals surface area contributed by atoms with Crippen molar-refractivity contribution in [3.05, 3.63) is 27.6 Å². The summed E-state index contributed by atoms with van der Waals surface area (Å²) in [6, 6.07) is 1.93. The van der Waals surface area contributed by atoms with Crippen molar-refractivity contribution in [3.8, 4) is 0 Å². The van der Waals surface area contributed by atoms with Gasteiger partial charge in [0.15, 0.2) is 0 Å². The Kier molecular flexibility index (Phi) is 3.07. The smallest absolute Gasteiger partial charge is 0.262 e. The Hall–Kier alpha value is -1.20. The van der Waals surface area contributed by atoms with Gasteiger partial charge in [-0.15, -0.1) is 11.3 Å². The fraction of sp³-hybridized carbons (Fsp3) is 0.455. The van der Waals surface area contributed by atoms with E-state index >= 15 is 0 Å². The van der Waals surface area contributed by atoms with Gasteiger partial charge in [-0.1, -0.05) is 6.92 Å². The summed E-state index contributed by atoms with van der Waals surface area (Å²) >= 11 is 1.58. The maximum absolute atomic E-state index is 12.1. The molecule has 1 unspecified atom stereocenters. The summed E-state index contributed by atoms with van der Waals surface area (Å²) in [6.45, 7) is 4.44. The van der Waals surface area contributed by atoms with Gasteiger partial charge >= 0.3 is 0 Å². The van der Waals surface area contributed by atoms with Gasteiger partial charge < -0.3 is 5.73 Å². The van der Waals surface area contributed by atoms with Crippen LogP contribution < -0.4 is 11.3 Å². The fourth-order valence-electron chi connectivity index (χ4n) is 1.59. The van der Waals surface area contributed by atoms with Crippen LogP contribution >= 0.6 is 11.3 Å². The van der Waals surface area contributed by atoms with Crippen LogP contribution in [0, 0.1) is 0 Å². The number of aryl methyl sites for hydroxylation is 1. The molecule has 0 aliphatic carbocycles. The molecule has 0 fully saturated rings. The highest BCUT2D eigenvalue weighted by Gasteiger charge is 2.10. The van der Waals surface area contributed by atoms with E-state index in [2.05, 4.69) is 11.9 Å². The summed E-state index contributed by atoms with van der Waals surface area (Å²) in [5.41, 5.74) is 5.58. The second-order valence-corrected chi connectivity index (χ2v) is 4.94. The van der Waals surface area contributed by atoms with Crippen LogP contribution in [0.5, 0.6) is 0 Å². The quantitative estimate of drug-likeness (QED) is 0.880. The first-order valence-corrected chi connectivity index (χ1v) is 6.18. The zero-order valence-electron chi connectivity index (χ0n) is 9.43. The molecule has 2 aromatic rings. The molecule has 0 spiro atoms. The Balaban J connectivity index is 2.64. The Morgan fingerprint density at radius 2 is 2.38 bits per heavy atom. The molecule has 2 N–H and O–H groups in total. The van der Waals surface area contributed by atoms with Crippen LogP contribution in [0.3, 0.4) is 0 Å². The van der Waals surface area contributed by atoms with Crippen molar-refractivity contribution in [1.29, 1.82) is 0 Å². The lowest BCUT2D eigenvalue weighted by Crippen LogP contribution is -2.27. The molecule has 5 heteroatoms. The van der Waals surface area contributed by atoms with Crippen LogP contribution in [0.4, 0.5) is 0 Å². The predicted molar refractivity (Wildman–Crippen MR) is 67.0 cm³/mol. The Labute approximate surface area is 97.7 Å². The number of nitrogens with two attached hydrogens (primary N) is 1. The summed E-state index contributed by atoms with van der Waals surface area (Å²) in [7, 11) is 0. The Bertz CT molecular complexity index is 558. The maximum atomic E-state index is 12.1. The zero-order chi connectivity index (χ0) is 11.7. The molecule has 0 radical (unpaired) electrons. The SMILES string of the molecule is CCc1cc2c(=O)n(C(C)CN)cnc2s1. The summed E-state index contributed by atoms with van der Waals surface area (Å²) in [6.07, 6.45) is 2.53. The van der Waals surface area contributed by atoms with Gasteiger partial charge in [-0.05, 0) is 19.4 Å². The molecule has 0 aliphatic rings. The van der Waals surface area contributed by atoms with Crippen molar-refractivity contribution >= 4 is 21.6 Å². The minimum absolute atomic E-state index is 0.00521. The van der Waals surface area contributed by atoms with E-state index in [-0.39, 0.29) is 11.6 Å². The molecule has 0 bridgehead atoms. The normalized spacial score (nSPS) is 13.2. The Morgan fingerprint density at radius 1 is 1.62 bits per heavy atom. The van der Waals surface area contributed by atoms with Crippen molar-refractivity contribution in [1.82, 2.24) is 9.55 Å². The van der Waals surface area contributed by atoms with Gasteiger partial charge in [-0.3, -0.25) is 9.36 Å². The van der Waals surface area contributed by atoms with Crippen LogP contribution in [0.2, 0.25) is 0 Å². The van der Waals surface area contributed by atoms with E-state index in [9.17, 15) is 4.79 Å². The van der Waals surface area contributed by atoms with Crippen LogP contribution in [0.1, 0.15) is 24.8 Å². The zero-order valence-corrected chi connectivity index (χ0v) is 10.3. The average Bonchev–Trinajstić information content (AvgIpc) is 2.72. The molecule has 0 saturated carbocycles. The molecule has 2 rings (SSSR count). The largest absolute Gasteiger partial charge is 0.328 e. The fourth-order valence-corrected chi connectivity index (χ4v) is 2.51. The summed E-state index contributed by atoms with van der Waals surface area (Å²) < 4.78 is 1.61. The van der Waals surface area contributed by atoms with Crippen LogP contribution in [0.25, 0.3) is 10.2 Å². The minimum Gasteiger partial charge on any atom is -0.328 e. The van der Waals surface area contributed by atoms with Gasteiger partial charge in [0.25, 0.3) is 5.56 Å². The number of fused-ring (bicyclic) bond motifs is 1. The molecule has 2 heterocycles. The monoisotopic (exact) mass is 237 g/mol. The van der Waals surface area contributed by atoms with E-state index in [1.165, 1.54) is 4.88 Å². The van der Waals surface area contributed by atoms with Gasteiger partial charge in [0.05, 0.1) is 11.7 Å². The number of nitrogens with zero attached hydrogens (tertiary/aromatic N) is 2. The number of rotatable bonds is 3. The second kappa shape index (κ2) is 4.35. The van der Waals surface area contributed by atoms with Crippen molar-refractivity contribution in [2.24, 2.45) is 5.73 Å². The molecular weight excluding hydrogens is 222 g/mol. The highest BCUT2D eigenvalue weighted by Crippen LogP contribution is 2.21. The van der Waals surface area contributed by atoms with Gasteiger partial charge in [0, 0.05) is 17.5 Å².